The van der Waals surface area contributed by atoms with Gasteiger partial charge in [-0.05, 0) is 31.2 Å². The van der Waals surface area contributed by atoms with Crippen molar-refractivity contribution in [3.63, 3.8) is 0 Å². The molecule has 0 saturated heterocycles. The summed E-state index contributed by atoms with van der Waals surface area (Å²) in [4.78, 5) is 17.4. The van der Waals surface area contributed by atoms with E-state index in [9.17, 15) is 4.79 Å². The van der Waals surface area contributed by atoms with Crippen LogP contribution >= 0.6 is 0 Å². The van der Waals surface area contributed by atoms with Gasteiger partial charge in [-0.15, -0.1) is 5.10 Å². The molecule has 1 amide bonds. The second kappa shape index (κ2) is 7.98. The summed E-state index contributed by atoms with van der Waals surface area (Å²) in [6, 6.07) is 24.8. The maximum Gasteiger partial charge on any atom is 0.295 e. The zero-order valence-electron chi connectivity index (χ0n) is 16.2. The number of hydrogen-bond acceptors (Lipinski definition) is 4. The number of hydrogen-bond donors (Lipinski definition) is 1. The monoisotopic (exact) mass is 384 g/mol. The number of rotatable bonds is 5. The fourth-order valence-electron chi connectivity index (χ4n) is 2.97. The van der Waals surface area contributed by atoms with Crippen LogP contribution in [0.15, 0.2) is 78.9 Å². The van der Waals surface area contributed by atoms with Crippen molar-refractivity contribution in [2.24, 2.45) is 0 Å². The van der Waals surface area contributed by atoms with Crippen molar-refractivity contribution in [1.29, 1.82) is 0 Å². The zero-order valence-corrected chi connectivity index (χ0v) is 16.2. The number of carbonyl (C=O) groups is 1. The average Bonchev–Trinajstić information content (AvgIpc) is 3.21. The maximum absolute atomic E-state index is 12.9. The average molecular weight is 384 g/mol. The van der Waals surface area contributed by atoms with Gasteiger partial charge in [0.05, 0.1) is 18.5 Å². The molecule has 4 aromatic rings. The van der Waals surface area contributed by atoms with Gasteiger partial charge in [-0.25, -0.2) is 9.67 Å². The lowest BCUT2D eigenvalue weighted by molar-refractivity contribution is 0.101. The van der Waals surface area contributed by atoms with Crippen LogP contribution in [0.25, 0.3) is 17.1 Å². The topological polar surface area (TPSA) is 69.0 Å². The predicted molar refractivity (Wildman–Crippen MR) is 112 cm³/mol. The molecule has 0 spiro atoms. The molecule has 0 saturated carbocycles. The number of ether oxygens (including phenoxy) is 1. The number of amides is 1. The van der Waals surface area contributed by atoms with Crippen molar-refractivity contribution < 1.29 is 9.53 Å². The van der Waals surface area contributed by atoms with Crippen LogP contribution in [0.5, 0.6) is 5.75 Å². The van der Waals surface area contributed by atoms with Crippen LogP contribution in [-0.4, -0.2) is 27.8 Å². The molecule has 4 rings (SSSR count). The molecule has 6 nitrogen and oxygen atoms in total. The summed E-state index contributed by atoms with van der Waals surface area (Å²) in [7, 11) is 1.56. The smallest absolute Gasteiger partial charge is 0.295 e. The third-order valence-electron chi connectivity index (χ3n) is 4.48. The molecule has 0 atom stereocenters. The Morgan fingerprint density at radius 1 is 0.931 bits per heavy atom. The third kappa shape index (κ3) is 3.87. The van der Waals surface area contributed by atoms with Gasteiger partial charge in [-0.2, -0.15) is 0 Å². The van der Waals surface area contributed by atoms with E-state index in [1.807, 2.05) is 73.7 Å². The number of benzene rings is 3. The highest BCUT2D eigenvalue weighted by molar-refractivity contribution is 6.02. The van der Waals surface area contributed by atoms with Gasteiger partial charge in [0, 0.05) is 5.56 Å². The van der Waals surface area contributed by atoms with Gasteiger partial charge in [-0.1, -0.05) is 60.2 Å². The molecule has 144 valence electrons. The fourth-order valence-corrected chi connectivity index (χ4v) is 2.97. The second-order valence-electron chi connectivity index (χ2n) is 6.53. The first-order valence-electron chi connectivity index (χ1n) is 9.19. The highest BCUT2D eigenvalue weighted by Crippen LogP contribution is 2.25. The second-order valence-corrected chi connectivity index (χ2v) is 6.53. The van der Waals surface area contributed by atoms with Crippen molar-refractivity contribution in [2.45, 2.75) is 6.92 Å². The van der Waals surface area contributed by atoms with Crippen LogP contribution < -0.4 is 10.1 Å². The number of aromatic nitrogens is 3. The van der Waals surface area contributed by atoms with Gasteiger partial charge in [0.25, 0.3) is 5.91 Å². The Kier molecular flexibility index (Phi) is 5.07. The molecule has 1 aromatic heterocycles. The molecule has 0 aliphatic rings. The highest BCUT2D eigenvalue weighted by Gasteiger charge is 2.19. The Labute approximate surface area is 168 Å². The Morgan fingerprint density at radius 2 is 1.62 bits per heavy atom. The van der Waals surface area contributed by atoms with Gasteiger partial charge in [0.1, 0.15) is 5.75 Å². The molecule has 0 unspecified atom stereocenters. The lowest BCUT2D eigenvalue weighted by Crippen LogP contribution is -2.15. The minimum absolute atomic E-state index is 0.0790. The summed E-state index contributed by atoms with van der Waals surface area (Å²) in [6.07, 6.45) is 0. The number of aryl methyl sites for hydroxylation is 1. The van der Waals surface area contributed by atoms with Gasteiger partial charge in [0.2, 0.25) is 5.82 Å². The fraction of sp³-hybridized carbons (Fsp3) is 0.0870. The molecule has 0 bridgehead atoms. The minimum Gasteiger partial charge on any atom is -0.495 e. The lowest BCUT2D eigenvalue weighted by atomic mass is 10.2. The summed E-state index contributed by atoms with van der Waals surface area (Å²) in [5.41, 5.74) is 3.41. The number of para-hydroxylation sites is 2. The van der Waals surface area contributed by atoms with Crippen molar-refractivity contribution in [3.8, 4) is 22.8 Å². The van der Waals surface area contributed by atoms with Crippen molar-refractivity contribution in [3.05, 3.63) is 90.3 Å². The van der Waals surface area contributed by atoms with Gasteiger partial charge < -0.3 is 10.1 Å². The SMILES string of the molecule is COc1ccccc1NC(=O)c1nc(-c2ccccc2)n(-c2ccc(C)cc2)n1. The molecule has 0 aliphatic heterocycles. The number of carbonyl (C=O) groups excluding carboxylic acids is 1. The Morgan fingerprint density at radius 3 is 2.34 bits per heavy atom. The maximum atomic E-state index is 12.9. The molecule has 1 heterocycles. The molecule has 1 N–H and O–H groups in total. The summed E-state index contributed by atoms with van der Waals surface area (Å²) < 4.78 is 6.99. The molecule has 0 fully saturated rings. The molecular formula is C23H20N4O2. The van der Waals surface area contributed by atoms with Crippen molar-refractivity contribution in [2.75, 3.05) is 12.4 Å². The molecule has 29 heavy (non-hydrogen) atoms. The standard InChI is InChI=1S/C23H20N4O2/c1-16-12-14-18(15-13-16)27-22(17-8-4-3-5-9-17)25-21(26-27)23(28)24-19-10-6-7-11-20(19)29-2/h3-15H,1-2H3,(H,24,28). The normalized spacial score (nSPS) is 10.6. The summed E-state index contributed by atoms with van der Waals surface area (Å²) >= 11 is 0. The Balaban J connectivity index is 1.74. The predicted octanol–water partition coefficient (Wildman–Crippen LogP) is 4.50. The largest absolute Gasteiger partial charge is 0.495 e. The van der Waals surface area contributed by atoms with Crippen LogP contribution in [0.2, 0.25) is 0 Å². The molecule has 6 heteroatoms. The molecule has 0 aliphatic carbocycles. The van der Waals surface area contributed by atoms with E-state index in [2.05, 4.69) is 15.4 Å². The van der Waals surface area contributed by atoms with E-state index in [0.29, 0.717) is 17.3 Å². The molecule has 0 radical (unpaired) electrons. The first-order chi connectivity index (χ1) is 14.2. The third-order valence-corrected chi connectivity index (χ3v) is 4.48. The van der Waals surface area contributed by atoms with Crippen LogP contribution in [0, 0.1) is 6.92 Å². The number of nitrogens with one attached hydrogen (secondary N) is 1. The number of nitrogens with zero attached hydrogens (tertiary/aromatic N) is 3. The van der Waals surface area contributed by atoms with Crippen LogP contribution in [0.3, 0.4) is 0 Å². The first-order valence-corrected chi connectivity index (χ1v) is 9.19. The van der Waals surface area contributed by atoms with E-state index in [-0.39, 0.29) is 5.82 Å². The Bertz CT molecular complexity index is 1140. The molecular weight excluding hydrogens is 364 g/mol. The van der Waals surface area contributed by atoms with E-state index < -0.39 is 5.91 Å². The summed E-state index contributed by atoms with van der Waals surface area (Å²) in [5.74, 6) is 0.842. The summed E-state index contributed by atoms with van der Waals surface area (Å²) in [5, 5.41) is 7.32. The van der Waals surface area contributed by atoms with Gasteiger partial charge in [0.15, 0.2) is 5.82 Å². The van der Waals surface area contributed by atoms with E-state index >= 15 is 0 Å². The quantitative estimate of drug-likeness (QED) is 0.550. The Hall–Kier alpha value is -3.93. The van der Waals surface area contributed by atoms with E-state index in [4.69, 9.17) is 4.74 Å². The first kappa shape index (κ1) is 18.4. The van der Waals surface area contributed by atoms with Crippen molar-refractivity contribution >= 4 is 11.6 Å². The number of methoxy groups -OCH3 is 1. The summed E-state index contributed by atoms with van der Waals surface area (Å²) in [6.45, 7) is 2.02. The van der Waals surface area contributed by atoms with Crippen LogP contribution in [0.1, 0.15) is 16.2 Å². The van der Waals surface area contributed by atoms with E-state index in [1.165, 1.54) is 0 Å². The van der Waals surface area contributed by atoms with Crippen LogP contribution in [0.4, 0.5) is 5.69 Å². The lowest BCUT2D eigenvalue weighted by Gasteiger charge is -2.08. The highest BCUT2D eigenvalue weighted by atomic mass is 16.5. The van der Waals surface area contributed by atoms with Gasteiger partial charge in [-0.3, -0.25) is 4.79 Å². The molecule has 3 aromatic carbocycles. The zero-order chi connectivity index (χ0) is 20.2. The van der Waals surface area contributed by atoms with Crippen LogP contribution in [-0.2, 0) is 0 Å². The van der Waals surface area contributed by atoms with E-state index in [0.717, 1.165) is 16.8 Å². The van der Waals surface area contributed by atoms with Crippen molar-refractivity contribution in [1.82, 2.24) is 14.8 Å². The minimum atomic E-state index is -0.405. The van der Waals surface area contributed by atoms with Gasteiger partial charge >= 0.3 is 0 Å². The van der Waals surface area contributed by atoms with E-state index in [1.54, 1.807) is 23.9 Å². The number of anilines is 1.